The largest absolute Gasteiger partial charge is 0.351 e. The van der Waals surface area contributed by atoms with E-state index >= 15 is 0 Å². The quantitative estimate of drug-likeness (QED) is 0.586. The van der Waals surface area contributed by atoms with E-state index in [2.05, 4.69) is 10.6 Å². The van der Waals surface area contributed by atoms with Crippen LogP contribution in [0.1, 0.15) is 10.4 Å². The summed E-state index contributed by atoms with van der Waals surface area (Å²) in [4.78, 5) is 33.4. The molecule has 2 aromatic rings. The van der Waals surface area contributed by atoms with Gasteiger partial charge >= 0.3 is 6.03 Å². The molecule has 0 aliphatic heterocycles. The van der Waals surface area contributed by atoms with Gasteiger partial charge in [0.05, 0.1) is 4.92 Å². The molecule has 2 aromatic carbocycles. The number of nitro benzene ring substituents is 1. The van der Waals surface area contributed by atoms with Crippen LogP contribution in [0.15, 0.2) is 42.5 Å². The number of primary amides is 1. The van der Waals surface area contributed by atoms with E-state index in [9.17, 15) is 19.7 Å². The van der Waals surface area contributed by atoms with E-state index in [4.69, 9.17) is 17.3 Å². The number of nitrogens with one attached hydrogen (secondary N) is 2. The molecular formula is C14H11ClN4O4. The highest BCUT2D eigenvalue weighted by Gasteiger charge is 2.20. The van der Waals surface area contributed by atoms with E-state index in [-0.39, 0.29) is 16.3 Å². The SMILES string of the molecule is NC(=O)Nc1cccc(NC(=O)c2cc(Cl)ccc2[N+](=O)[O-])c1. The Kier molecular flexibility index (Phi) is 4.77. The van der Waals surface area contributed by atoms with Crippen molar-refractivity contribution in [1.29, 1.82) is 0 Å². The Labute approximate surface area is 135 Å². The fourth-order valence-electron chi connectivity index (χ4n) is 1.86. The Morgan fingerprint density at radius 3 is 2.35 bits per heavy atom. The van der Waals surface area contributed by atoms with Gasteiger partial charge in [-0.1, -0.05) is 17.7 Å². The van der Waals surface area contributed by atoms with Crippen molar-refractivity contribution in [1.82, 2.24) is 0 Å². The van der Waals surface area contributed by atoms with Gasteiger partial charge < -0.3 is 16.4 Å². The summed E-state index contributed by atoms with van der Waals surface area (Å²) in [6.07, 6.45) is 0. The van der Waals surface area contributed by atoms with Crippen molar-refractivity contribution >= 4 is 40.6 Å². The van der Waals surface area contributed by atoms with Gasteiger partial charge in [0.2, 0.25) is 0 Å². The first-order chi connectivity index (χ1) is 10.9. The zero-order valence-corrected chi connectivity index (χ0v) is 12.3. The molecule has 0 bridgehead atoms. The number of nitrogens with zero attached hydrogens (tertiary/aromatic N) is 1. The molecule has 0 spiro atoms. The van der Waals surface area contributed by atoms with Crippen molar-refractivity contribution in [3.8, 4) is 0 Å². The van der Waals surface area contributed by atoms with Crippen LogP contribution in [0.4, 0.5) is 21.9 Å². The van der Waals surface area contributed by atoms with Crippen LogP contribution in [-0.4, -0.2) is 16.9 Å². The molecule has 0 aliphatic rings. The number of amides is 3. The summed E-state index contributed by atoms with van der Waals surface area (Å²) in [6.45, 7) is 0. The molecular weight excluding hydrogens is 324 g/mol. The lowest BCUT2D eigenvalue weighted by Crippen LogP contribution is -2.19. The number of hydrogen-bond donors (Lipinski definition) is 3. The first-order valence-corrected chi connectivity index (χ1v) is 6.66. The predicted molar refractivity (Wildman–Crippen MR) is 85.7 cm³/mol. The molecule has 0 heterocycles. The molecule has 9 heteroatoms. The number of nitro groups is 1. The summed E-state index contributed by atoms with van der Waals surface area (Å²) >= 11 is 5.79. The molecule has 3 amide bonds. The van der Waals surface area contributed by atoms with Crippen LogP contribution in [-0.2, 0) is 0 Å². The van der Waals surface area contributed by atoms with Crippen LogP contribution < -0.4 is 16.4 Å². The molecule has 0 aromatic heterocycles. The van der Waals surface area contributed by atoms with Crippen LogP contribution in [0.5, 0.6) is 0 Å². The van der Waals surface area contributed by atoms with Gasteiger partial charge in [-0.15, -0.1) is 0 Å². The number of nitrogens with two attached hydrogens (primary N) is 1. The van der Waals surface area contributed by atoms with E-state index in [0.717, 1.165) is 6.07 Å². The minimum atomic E-state index is -0.751. The normalized spacial score (nSPS) is 9.96. The monoisotopic (exact) mass is 334 g/mol. The number of hydrogen-bond acceptors (Lipinski definition) is 4. The molecule has 23 heavy (non-hydrogen) atoms. The van der Waals surface area contributed by atoms with Crippen LogP contribution in [0.2, 0.25) is 5.02 Å². The molecule has 4 N–H and O–H groups in total. The third-order valence-electron chi connectivity index (χ3n) is 2.79. The fourth-order valence-corrected chi connectivity index (χ4v) is 2.04. The van der Waals surface area contributed by atoms with E-state index in [1.165, 1.54) is 18.2 Å². The van der Waals surface area contributed by atoms with Crippen LogP contribution in [0.25, 0.3) is 0 Å². The van der Waals surface area contributed by atoms with E-state index in [0.29, 0.717) is 11.4 Å². The van der Waals surface area contributed by atoms with Gasteiger partial charge in [-0.2, -0.15) is 0 Å². The van der Waals surface area contributed by atoms with Gasteiger partial charge in [0.15, 0.2) is 0 Å². The summed E-state index contributed by atoms with van der Waals surface area (Å²) in [5, 5.41) is 16.0. The van der Waals surface area contributed by atoms with Crippen molar-refractivity contribution in [2.24, 2.45) is 5.73 Å². The zero-order chi connectivity index (χ0) is 17.0. The van der Waals surface area contributed by atoms with Gasteiger partial charge in [-0.3, -0.25) is 14.9 Å². The molecule has 0 fully saturated rings. The Balaban J connectivity index is 2.27. The minimum absolute atomic E-state index is 0.171. The lowest BCUT2D eigenvalue weighted by Gasteiger charge is -2.08. The second kappa shape index (κ2) is 6.75. The first-order valence-electron chi connectivity index (χ1n) is 6.28. The average Bonchev–Trinajstić information content (AvgIpc) is 2.46. The highest BCUT2D eigenvalue weighted by molar-refractivity contribution is 6.31. The predicted octanol–water partition coefficient (Wildman–Crippen LogP) is 2.99. The molecule has 2 rings (SSSR count). The average molecular weight is 335 g/mol. The first kappa shape index (κ1) is 16.2. The second-order valence-electron chi connectivity index (χ2n) is 4.44. The maximum Gasteiger partial charge on any atom is 0.316 e. The van der Waals surface area contributed by atoms with Crippen molar-refractivity contribution in [3.63, 3.8) is 0 Å². The lowest BCUT2D eigenvalue weighted by molar-refractivity contribution is -0.385. The fraction of sp³-hybridized carbons (Fsp3) is 0. The summed E-state index contributed by atoms with van der Waals surface area (Å²) in [6, 6.07) is 9.10. The van der Waals surface area contributed by atoms with Crippen molar-refractivity contribution in [2.45, 2.75) is 0 Å². The Morgan fingerprint density at radius 2 is 1.74 bits per heavy atom. The highest BCUT2D eigenvalue weighted by Crippen LogP contribution is 2.24. The molecule has 0 radical (unpaired) electrons. The topological polar surface area (TPSA) is 127 Å². The van der Waals surface area contributed by atoms with Gasteiger partial charge in [0, 0.05) is 22.5 Å². The van der Waals surface area contributed by atoms with E-state index in [1.54, 1.807) is 18.2 Å². The molecule has 118 valence electrons. The number of halogens is 1. The van der Waals surface area contributed by atoms with Crippen molar-refractivity contribution < 1.29 is 14.5 Å². The number of carbonyl (C=O) groups is 2. The van der Waals surface area contributed by atoms with Gasteiger partial charge in [-0.25, -0.2) is 4.79 Å². The Hall–Kier alpha value is -3.13. The molecule has 0 atom stereocenters. The lowest BCUT2D eigenvalue weighted by atomic mass is 10.1. The number of benzene rings is 2. The van der Waals surface area contributed by atoms with E-state index in [1.807, 2.05) is 0 Å². The highest BCUT2D eigenvalue weighted by atomic mass is 35.5. The smallest absolute Gasteiger partial charge is 0.316 e. The molecule has 0 saturated heterocycles. The van der Waals surface area contributed by atoms with Crippen LogP contribution >= 0.6 is 11.6 Å². The molecule has 8 nitrogen and oxygen atoms in total. The molecule has 0 saturated carbocycles. The standard InChI is InChI=1S/C14H11ClN4O4/c15-8-4-5-12(19(22)23)11(6-8)13(20)17-9-2-1-3-10(7-9)18-14(16)21/h1-7H,(H,17,20)(H3,16,18,21). The minimum Gasteiger partial charge on any atom is -0.351 e. The summed E-state index contributed by atoms with van der Waals surface area (Å²) in [7, 11) is 0. The molecule has 0 unspecified atom stereocenters. The summed E-state index contributed by atoms with van der Waals surface area (Å²) in [5.41, 5.74) is 5.18. The van der Waals surface area contributed by atoms with Crippen molar-refractivity contribution in [2.75, 3.05) is 10.6 Å². The van der Waals surface area contributed by atoms with Gasteiger partial charge in [0.25, 0.3) is 11.6 Å². The third-order valence-corrected chi connectivity index (χ3v) is 3.02. The number of urea groups is 1. The Morgan fingerprint density at radius 1 is 1.09 bits per heavy atom. The Bertz CT molecular complexity index is 794. The van der Waals surface area contributed by atoms with Gasteiger partial charge in [-0.05, 0) is 30.3 Å². The second-order valence-corrected chi connectivity index (χ2v) is 4.88. The zero-order valence-electron chi connectivity index (χ0n) is 11.6. The maximum atomic E-state index is 12.2. The van der Waals surface area contributed by atoms with Crippen molar-refractivity contribution in [3.05, 3.63) is 63.2 Å². The summed E-state index contributed by atoms with van der Waals surface area (Å²) in [5.74, 6) is -0.699. The maximum absolute atomic E-state index is 12.2. The van der Waals surface area contributed by atoms with Crippen LogP contribution in [0.3, 0.4) is 0 Å². The number of anilines is 2. The van der Waals surface area contributed by atoms with Gasteiger partial charge in [0.1, 0.15) is 5.56 Å². The van der Waals surface area contributed by atoms with Crippen LogP contribution in [0, 0.1) is 10.1 Å². The molecule has 0 aliphatic carbocycles. The van der Waals surface area contributed by atoms with E-state index < -0.39 is 16.9 Å². The summed E-state index contributed by atoms with van der Waals surface area (Å²) < 4.78 is 0. The number of carbonyl (C=O) groups excluding carboxylic acids is 2. The number of rotatable bonds is 4. The third kappa shape index (κ3) is 4.17.